The van der Waals surface area contributed by atoms with Crippen molar-refractivity contribution in [3.05, 3.63) is 11.7 Å². The van der Waals surface area contributed by atoms with Crippen LogP contribution in [0.25, 0.3) is 0 Å². The average Bonchev–Trinajstić information content (AvgIpc) is 2.64. The van der Waals surface area contributed by atoms with Crippen molar-refractivity contribution in [2.45, 2.75) is 58.8 Å². The Morgan fingerprint density at radius 3 is 2.53 bits per heavy atom. The van der Waals surface area contributed by atoms with Gasteiger partial charge < -0.3 is 4.52 Å². The maximum Gasteiger partial charge on any atom is 0.229 e. The highest BCUT2D eigenvalue weighted by Crippen LogP contribution is 2.30. The predicted molar refractivity (Wildman–Crippen MR) is 63.7 cm³/mol. The number of carbonyl (C=O) groups excluding carboxylic acids is 1. The van der Waals surface area contributed by atoms with Crippen molar-refractivity contribution in [1.82, 2.24) is 10.1 Å². The third kappa shape index (κ3) is 3.38. The van der Waals surface area contributed by atoms with Gasteiger partial charge in [-0.2, -0.15) is 4.98 Å². The van der Waals surface area contributed by atoms with Crippen LogP contribution in [0.15, 0.2) is 4.52 Å². The first-order valence-corrected chi connectivity index (χ1v) is 6.28. The Kier molecular flexibility index (Phi) is 3.31. The summed E-state index contributed by atoms with van der Waals surface area (Å²) in [5.74, 6) is 2.14. The third-order valence-electron chi connectivity index (χ3n) is 3.06. The number of hydrogen-bond donors (Lipinski definition) is 0. The first kappa shape index (κ1) is 12.3. The van der Waals surface area contributed by atoms with Crippen LogP contribution >= 0.6 is 0 Å². The fourth-order valence-corrected chi connectivity index (χ4v) is 2.17. The summed E-state index contributed by atoms with van der Waals surface area (Å²) in [6.07, 6.45) is 3.84. The lowest BCUT2D eigenvalue weighted by molar-refractivity contribution is -0.120. The number of rotatable bonds is 2. The number of carbonyl (C=O) groups is 1. The summed E-state index contributed by atoms with van der Waals surface area (Å²) in [7, 11) is 0. The molecule has 0 radical (unpaired) electrons. The Balaban J connectivity index is 2.00. The molecule has 0 bridgehead atoms. The van der Waals surface area contributed by atoms with E-state index >= 15 is 0 Å². The molecule has 1 fully saturated rings. The Labute approximate surface area is 102 Å². The van der Waals surface area contributed by atoms with Crippen molar-refractivity contribution in [2.24, 2.45) is 5.41 Å². The lowest BCUT2D eigenvalue weighted by atomic mass is 9.88. The Morgan fingerprint density at radius 2 is 1.94 bits per heavy atom. The van der Waals surface area contributed by atoms with E-state index < -0.39 is 0 Å². The van der Waals surface area contributed by atoms with E-state index in [4.69, 9.17) is 4.52 Å². The molecule has 4 heteroatoms. The van der Waals surface area contributed by atoms with Crippen LogP contribution in [0.5, 0.6) is 0 Å². The Bertz CT molecular complexity index is 394. The molecule has 0 aliphatic heterocycles. The first-order valence-electron chi connectivity index (χ1n) is 6.28. The maximum atomic E-state index is 11.2. The van der Waals surface area contributed by atoms with E-state index in [0.29, 0.717) is 18.6 Å². The smallest absolute Gasteiger partial charge is 0.229 e. The van der Waals surface area contributed by atoms with Crippen molar-refractivity contribution in [1.29, 1.82) is 0 Å². The van der Waals surface area contributed by atoms with Crippen molar-refractivity contribution < 1.29 is 9.32 Å². The van der Waals surface area contributed by atoms with Crippen molar-refractivity contribution >= 4 is 5.78 Å². The summed E-state index contributed by atoms with van der Waals surface area (Å²) in [5.41, 5.74) is 0.170. The molecule has 0 unspecified atom stereocenters. The molecule has 0 N–H and O–H groups in total. The zero-order chi connectivity index (χ0) is 12.5. The van der Waals surface area contributed by atoms with E-state index in [9.17, 15) is 4.79 Å². The molecule has 4 nitrogen and oxygen atoms in total. The molecule has 0 saturated heterocycles. The minimum atomic E-state index is 0.170. The van der Waals surface area contributed by atoms with Crippen molar-refractivity contribution in [2.75, 3.05) is 0 Å². The van der Waals surface area contributed by atoms with E-state index in [1.54, 1.807) is 0 Å². The first-order chi connectivity index (χ1) is 7.94. The van der Waals surface area contributed by atoms with E-state index in [1.165, 1.54) is 0 Å². The van der Waals surface area contributed by atoms with Crippen LogP contribution < -0.4 is 0 Å². The molecule has 0 spiro atoms. The van der Waals surface area contributed by atoms with Crippen LogP contribution in [0.1, 0.15) is 64.1 Å². The fourth-order valence-electron chi connectivity index (χ4n) is 2.17. The molecule has 1 aromatic rings. The van der Waals surface area contributed by atoms with Gasteiger partial charge in [-0.25, -0.2) is 0 Å². The van der Waals surface area contributed by atoms with Gasteiger partial charge >= 0.3 is 0 Å². The second-order valence-corrected chi connectivity index (χ2v) is 6.10. The molecule has 17 heavy (non-hydrogen) atoms. The van der Waals surface area contributed by atoms with Gasteiger partial charge in [-0.3, -0.25) is 4.79 Å². The summed E-state index contributed by atoms with van der Waals surface area (Å²) in [6.45, 7) is 6.47. The lowest BCUT2D eigenvalue weighted by Gasteiger charge is -2.16. The van der Waals surface area contributed by atoms with Crippen molar-refractivity contribution in [3.8, 4) is 0 Å². The maximum absolute atomic E-state index is 11.2. The molecular weight excluding hydrogens is 216 g/mol. The minimum Gasteiger partial charge on any atom is -0.339 e. The highest BCUT2D eigenvalue weighted by atomic mass is 16.5. The number of ketones is 1. The molecule has 0 amide bonds. The molecule has 2 rings (SSSR count). The van der Waals surface area contributed by atoms with Gasteiger partial charge in [0, 0.05) is 25.2 Å². The van der Waals surface area contributed by atoms with Gasteiger partial charge in [0.15, 0.2) is 5.82 Å². The van der Waals surface area contributed by atoms with Crippen molar-refractivity contribution in [3.63, 3.8) is 0 Å². The van der Waals surface area contributed by atoms with Crippen LogP contribution in [0, 0.1) is 5.41 Å². The molecular formula is C13H20N2O2. The summed E-state index contributed by atoms with van der Waals surface area (Å²) < 4.78 is 5.31. The van der Waals surface area contributed by atoms with Crippen LogP contribution in [-0.4, -0.2) is 15.9 Å². The zero-order valence-corrected chi connectivity index (χ0v) is 10.8. The average molecular weight is 236 g/mol. The molecule has 1 aliphatic carbocycles. The number of Topliss-reactive ketones (excluding diaryl/α,β-unsaturated/α-hetero) is 1. The molecule has 0 atom stereocenters. The minimum absolute atomic E-state index is 0.170. The fraction of sp³-hybridized carbons (Fsp3) is 0.769. The second-order valence-electron chi connectivity index (χ2n) is 6.10. The van der Waals surface area contributed by atoms with E-state index in [0.717, 1.165) is 31.0 Å². The monoisotopic (exact) mass is 236 g/mol. The van der Waals surface area contributed by atoms with E-state index in [-0.39, 0.29) is 11.3 Å². The topological polar surface area (TPSA) is 56.0 Å². The third-order valence-corrected chi connectivity index (χ3v) is 3.06. The van der Waals surface area contributed by atoms with Gasteiger partial charge in [-0.1, -0.05) is 25.9 Å². The van der Waals surface area contributed by atoms with Gasteiger partial charge in [-0.15, -0.1) is 0 Å². The Morgan fingerprint density at radius 1 is 1.29 bits per heavy atom. The molecule has 1 heterocycles. The molecule has 94 valence electrons. The van der Waals surface area contributed by atoms with Crippen LogP contribution in [0.4, 0.5) is 0 Å². The molecule has 1 saturated carbocycles. The quantitative estimate of drug-likeness (QED) is 0.792. The molecule has 0 aromatic carbocycles. The van der Waals surface area contributed by atoms with Gasteiger partial charge in [0.05, 0.1) is 0 Å². The largest absolute Gasteiger partial charge is 0.339 e. The Hall–Kier alpha value is -1.19. The SMILES string of the molecule is CC(C)(C)Cc1noc(C2CCC(=O)CC2)n1. The highest BCUT2D eigenvalue weighted by molar-refractivity contribution is 5.79. The summed E-state index contributed by atoms with van der Waals surface area (Å²) in [5, 5.41) is 4.02. The van der Waals surface area contributed by atoms with E-state index in [2.05, 4.69) is 30.9 Å². The normalized spacial score (nSPS) is 18.6. The van der Waals surface area contributed by atoms with E-state index in [1.807, 2.05) is 0 Å². The predicted octanol–water partition coefficient (Wildman–Crippen LogP) is 2.88. The number of aromatic nitrogens is 2. The summed E-state index contributed by atoms with van der Waals surface area (Å²) >= 11 is 0. The van der Waals surface area contributed by atoms with Crippen LogP contribution in [-0.2, 0) is 11.2 Å². The summed E-state index contributed by atoms with van der Waals surface area (Å²) in [4.78, 5) is 15.6. The number of nitrogens with zero attached hydrogens (tertiary/aromatic N) is 2. The van der Waals surface area contributed by atoms with Crippen LogP contribution in [0.3, 0.4) is 0 Å². The lowest BCUT2D eigenvalue weighted by Crippen LogP contribution is -2.13. The zero-order valence-electron chi connectivity index (χ0n) is 10.8. The van der Waals surface area contributed by atoms with Gasteiger partial charge in [0.2, 0.25) is 5.89 Å². The standard InChI is InChI=1S/C13H20N2O2/c1-13(2,3)8-11-14-12(17-15-11)9-4-6-10(16)7-5-9/h9H,4-8H2,1-3H3. The van der Waals surface area contributed by atoms with Gasteiger partial charge in [-0.05, 0) is 18.3 Å². The van der Waals surface area contributed by atoms with Crippen LogP contribution in [0.2, 0.25) is 0 Å². The molecule has 1 aliphatic rings. The second kappa shape index (κ2) is 4.59. The van der Waals surface area contributed by atoms with Gasteiger partial charge in [0.25, 0.3) is 0 Å². The number of hydrogen-bond acceptors (Lipinski definition) is 4. The van der Waals surface area contributed by atoms with Gasteiger partial charge in [0.1, 0.15) is 5.78 Å². The summed E-state index contributed by atoms with van der Waals surface area (Å²) in [6, 6.07) is 0. The molecule has 1 aromatic heterocycles. The highest BCUT2D eigenvalue weighted by Gasteiger charge is 2.25.